The molecule has 0 aromatic heterocycles. The smallest absolute Gasteiger partial charge is 0.335 e. The summed E-state index contributed by atoms with van der Waals surface area (Å²) in [5, 5.41) is 81.3. The molecule has 2 aromatic rings. The van der Waals surface area contributed by atoms with E-state index in [0.29, 0.717) is 44.3 Å². The number of hydrogen-bond acceptors (Lipinski definition) is 14. The first-order chi connectivity index (χ1) is 34.6. The second kappa shape index (κ2) is 16.4. The number of aromatic hydroxyl groups is 2. The molecule has 13 unspecified atom stereocenters. The van der Waals surface area contributed by atoms with Gasteiger partial charge in [-0.05, 0) is 161 Å². The number of aliphatic hydroxyl groups is 4. The number of aliphatic hydroxyl groups excluding tert-OH is 4. The van der Waals surface area contributed by atoms with E-state index < -0.39 is 76.6 Å². The highest BCUT2D eigenvalue weighted by molar-refractivity contribution is 6.11. The summed E-state index contributed by atoms with van der Waals surface area (Å²) >= 11 is 0. The lowest BCUT2D eigenvalue weighted by molar-refractivity contribution is -0.346. The van der Waals surface area contributed by atoms with Gasteiger partial charge in [-0.25, -0.2) is 4.79 Å². The van der Waals surface area contributed by atoms with E-state index in [0.717, 1.165) is 51.0 Å². The topological polar surface area (TPSA) is 237 Å². The molecule has 6 saturated carbocycles. The van der Waals surface area contributed by atoms with Crippen molar-refractivity contribution in [2.24, 2.45) is 39.4 Å². The van der Waals surface area contributed by atoms with Gasteiger partial charge in [0, 0.05) is 47.1 Å². The minimum Gasteiger partial charge on any atom is -0.507 e. The molecule has 0 amide bonds. The number of phenols is 2. The molecular formula is C57H74N2O13. The van der Waals surface area contributed by atoms with Crippen molar-refractivity contribution in [3.63, 3.8) is 0 Å². The van der Waals surface area contributed by atoms with Crippen LogP contribution >= 0.6 is 0 Å². The first-order valence-electron chi connectivity index (χ1n) is 27.5. The predicted molar refractivity (Wildman–Crippen MR) is 262 cm³/mol. The molecule has 72 heavy (non-hydrogen) atoms. The lowest BCUT2D eigenvalue weighted by Crippen LogP contribution is -2.81. The van der Waals surface area contributed by atoms with E-state index in [2.05, 4.69) is 16.9 Å². The molecule has 9 fully saturated rings. The van der Waals surface area contributed by atoms with Gasteiger partial charge in [0.15, 0.2) is 5.78 Å². The molecular weight excluding hydrogens is 921 g/mol. The average molecular weight is 995 g/mol. The summed E-state index contributed by atoms with van der Waals surface area (Å²) in [6.45, 7) is 3.35. The summed E-state index contributed by atoms with van der Waals surface area (Å²) in [6.07, 6.45) is 15.8. The number of carboxylic acids is 1. The Morgan fingerprint density at radius 2 is 1.65 bits per heavy atom. The van der Waals surface area contributed by atoms with Crippen LogP contribution in [0.5, 0.6) is 17.2 Å². The van der Waals surface area contributed by atoms with Crippen LogP contribution < -0.4 is 15.6 Å². The van der Waals surface area contributed by atoms with Gasteiger partial charge >= 0.3 is 5.97 Å². The number of hydrazine groups is 1. The standard InChI is InChI=1S/C57H74N2O13/c1-30-41(31(2)62)45(64)42-34(44(30)63)20-32(49(67)68)21-38(42)70-50-46(65)48(66)57(40(25-61)71-50)23-37-43-35(10-11-36(43)55(72-57)17-4-3-5-18-55)54(16-9-19-60)29-69-26-33-22-51-27-53(15-8-14-52(53)12-6-7-13-52)24-39(51)58-59-56(37,28-51)47(33)54/h10,20-21,33,37,39-40,46-48,50,58-61,63-66H,3-9,11-19,22-29H2,1-2H3,(H,67,68). The second-order valence-corrected chi connectivity index (χ2v) is 25.1. The number of hydrogen-bond donors (Lipinski definition) is 9. The van der Waals surface area contributed by atoms with Crippen LogP contribution in [0.15, 0.2) is 34.9 Å². The molecule has 15 nitrogen and oxygen atoms in total. The number of rotatable bonds is 8. The third-order valence-corrected chi connectivity index (χ3v) is 22.2. The number of ether oxygens (including phenoxy) is 4. The highest BCUT2D eigenvalue weighted by atomic mass is 16.7. The number of phenolic OH excluding ortho intramolecular Hbond substituents is 2. The largest absolute Gasteiger partial charge is 0.507 e. The third-order valence-electron chi connectivity index (χ3n) is 22.2. The van der Waals surface area contributed by atoms with Gasteiger partial charge in [0.2, 0.25) is 6.29 Å². The number of allylic oxidation sites excluding steroid dienone is 1. The minimum atomic E-state index is -1.83. The number of aromatic carboxylic acids is 1. The second-order valence-electron chi connectivity index (χ2n) is 25.1. The van der Waals surface area contributed by atoms with Crippen LogP contribution in [0.2, 0.25) is 0 Å². The number of benzene rings is 2. The molecule has 7 aliphatic carbocycles. The van der Waals surface area contributed by atoms with Gasteiger partial charge in [0.1, 0.15) is 41.2 Å². The first kappa shape index (κ1) is 48.0. The van der Waals surface area contributed by atoms with Crippen LogP contribution in [-0.4, -0.2) is 121 Å². The first-order valence-corrected chi connectivity index (χ1v) is 27.5. The zero-order valence-electron chi connectivity index (χ0n) is 41.9. The number of carbonyl (C=O) groups is 2. The monoisotopic (exact) mass is 995 g/mol. The van der Waals surface area contributed by atoms with Crippen molar-refractivity contribution in [2.75, 3.05) is 26.4 Å². The maximum Gasteiger partial charge on any atom is 0.335 e. The Morgan fingerprint density at radius 3 is 2.39 bits per heavy atom. The lowest BCUT2D eigenvalue weighted by atomic mass is 9.38. The van der Waals surface area contributed by atoms with Crippen LogP contribution in [0.1, 0.15) is 162 Å². The zero-order chi connectivity index (χ0) is 50.0. The van der Waals surface area contributed by atoms with Crippen LogP contribution in [0.4, 0.5) is 0 Å². The fourth-order valence-corrected chi connectivity index (χ4v) is 19.8. The van der Waals surface area contributed by atoms with Crippen molar-refractivity contribution < 1.29 is 64.3 Å². The van der Waals surface area contributed by atoms with Crippen molar-refractivity contribution in [2.45, 2.75) is 190 Å². The van der Waals surface area contributed by atoms with Crippen molar-refractivity contribution in [3.05, 3.63) is 51.6 Å². The highest BCUT2D eigenvalue weighted by Crippen LogP contribution is 2.78. The summed E-state index contributed by atoms with van der Waals surface area (Å²) in [4.78, 5) is 25.4. The minimum absolute atomic E-state index is 0.0241. The Hall–Kier alpha value is -3.64. The molecule has 4 aliphatic heterocycles. The SMILES string of the molecule is CC(=O)c1c(C)c(O)c2cc(C(=O)O)cc(OC3OC(CO)C4(CC5C6=C(CC=C6C6(CCCO)COCC7CC89CC5(NNC8CC5(CCCC58CCCC8)C9)C76)C5(CCCCC5)O4)C(O)C3O)c2c1O. The Labute approximate surface area is 420 Å². The quantitative estimate of drug-likeness (QED) is 0.0963. The molecule has 15 heteroatoms. The fourth-order valence-electron chi connectivity index (χ4n) is 19.8. The molecule has 2 bridgehead atoms. The maximum atomic E-state index is 13.3. The number of Topliss-reactive ketones (excluding diaryl/α,β-unsaturated/α-hetero) is 1. The highest BCUT2D eigenvalue weighted by Gasteiger charge is 2.78. The molecule has 390 valence electrons. The number of ketones is 1. The summed E-state index contributed by atoms with van der Waals surface area (Å²) < 4.78 is 27.9. The van der Waals surface area contributed by atoms with Gasteiger partial charge in [0.05, 0.1) is 35.3 Å². The van der Waals surface area contributed by atoms with E-state index in [4.69, 9.17) is 18.9 Å². The summed E-state index contributed by atoms with van der Waals surface area (Å²) in [5.74, 6) is -3.13. The van der Waals surface area contributed by atoms with Gasteiger partial charge in [-0.15, -0.1) is 0 Å². The lowest BCUT2D eigenvalue weighted by Gasteiger charge is -2.72. The van der Waals surface area contributed by atoms with Gasteiger partial charge < -0.3 is 54.7 Å². The molecule has 4 heterocycles. The van der Waals surface area contributed by atoms with Crippen molar-refractivity contribution in [1.82, 2.24) is 10.9 Å². The van der Waals surface area contributed by atoms with Gasteiger partial charge in [-0.2, -0.15) is 0 Å². The van der Waals surface area contributed by atoms with Crippen LogP contribution in [0, 0.1) is 46.3 Å². The molecule has 13 rings (SSSR count). The van der Waals surface area contributed by atoms with Crippen molar-refractivity contribution in [3.8, 4) is 17.2 Å². The normalized spacial score (nSPS) is 41.9. The van der Waals surface area contributed by atoms with Gasteiger partial charge in [0.25, 0.3) is 0 Å². The van der Waals surface area contributed by atoms with Crippen molar-refractivity contribution >= 4 is 22.5 Å². The van der Waals surface area contributed by atoms with Crippen LogP contribution in [0.25, 0.3) is 10.8 Å². The number of nitrogens with one attached hydrogen (secondary N) is 2. The predicted octanol–water partition coefficient (Wildman–Crippen LogP) is 6.94. The van der Waals surface area contributed by atoms with E-state index in [-0.39, 0.29) is 80.9 Å². The third kappa shape index (κ3) is 6.17. The summed E-state index contributed by atoms with van der Waals surface area (Å²) in [5.41, 5.74) is 8.82. The molecule has 11 aliphatic rings. The zero-order valence-corrected chi connectivity index (χ0v) is 41.9. The number of carboxylic acid groups (broad SMARTS) is 1. The Kier molecular flexibility index (Phi) is 11.0. The number of carbonyl (C=O) groups excluding carboxylic acids is 1. The van der Waals surface area contributed by atoms with Crippen molar-refractivity contribution in [1.29, 1.82) is 0 Å². The Morgan fingerprint density at radius 1 is 0.903 bits per heavy atom. The van der Waals surface area contributed by atoms with E-state index in [1.54, 1.807) is 0 Å². The van der Waals surface area contributed by atoms with E-state index in [9.17, 15) is 45.3 Å². The summed E-state index contributed by atoms with van der Waals surface area (Å²) in [6, 6.07) is 2.58. The van der Waals surface area contributed by atoms with E-state index in [1.807, 2.05) is 0 Å². The molecule has 0 radical (unpaired) electrons. The molecule has 13 atom stereocenters. The van der Waals surface area contributed by atoms with E-state index >= 15 is 0 Å². The maximum absolute atomic E-state index is 13.3. The van der Waals surface area contributed by atoms with Crippen LogP contribution in [-0.2, 0) is 14.2 Å². The fraction of sp³-hybridized carbons (Fsp3) is 0.719. The molecule has 6 spiro atoms. The molecule has 3 saturated heterocycles. The van der Waals surface area contributed by atoms with E-state index in [1.165, 1.54) is 88.0 Å². The summed E-state index contributed by atoms with van der Waals surface area (Å²) in [7, 11) is 0. The molecule has 9 N–H and O–H groups in total. The Balaban J connectivity index is 0.954. The van der Waals surface area contributed by atoms with Gasteiger partial charge in [-0.3, -0.25) is 15.6 Å². The molecule has 2 aromatic carbocycles. The average Bonchev–Trinajstić information content (AvgIpc) is 4.16. The Bertz CT molecular complexity index is 2680. The van der Waals surface area contributed by atoms with Gasteiger partial charge in [-0.1, -0.05) is 44.6 Å². The number of fused-ring (bicyclic) bond motifs is 4. The van der Waals surface area contributed by atoms with Crippen LogP contribution in [0.3, 0.4) is 0 Å².